The molecular weight excluding hydrogens is 266 g/mol. The molecule has 1 aliphatic heterocycles. The summed E-state index contributed by atoms with van der Waals surface area (Å²) in [6.07, 6.45) is 0.756. The van der Waals surface area contributed by atoms with Gasteiger partial charge in [0.25, 0.3) is 0 Å². The summed E-state index contributed by atoms with van der Waals surface area (Å²) in [4.78, 5) is 5.46. The number of nitrogens with zero attached hydrogens (tertiary/aromatic N) is 2. The zero-order chi connectivity index (χ0) is 14.7. The molecule has 3 atom stereocenters. The van der Waals surface area contributed by atoms with Crippen molar-refractivity contribution < 1.29 is 0 Å². The van der Waals surface area contributed by atoms with Crippen molar-refractivity contribution in [3.63, 3.8) is 0 Å². The summed E-state index contributed by atoms with van der Waals surface area (Å²) in [5.74, 6) is 0.669. The summed E-state index contributed by atoms with van der Waals surface area (Å²) in [5, 5.41) is 0. The van der Waals surface area contributed by atoms with Crippen LogP contribution < -0.4 is 5.73 Å². The zero-order valence-electron chi connectivity index (χ0n) is 12.6. The molecule has 1 heterocycles. The predicted octanol–water partition coefficient (Wildman–Crippen LogP) is 2.29. The lowest BCUT2D eigenvalue weighted by molar-refractivity contribution is 0.219. The Bertz CT molecular complexity index is 446. The average molecular weight is 291 g/mol. The van der Waals surface area contributed by atoms with Crippen molar-refractivity contribution >= 4 is 17.2 Å². The van der Waals surface area contributed by atoms with E-state index in [0.29, 0.717) is 23.0 Å². The van der Waals surface area contributed by atoms with Crippen LogP contribution in [0.2, 0.25) is 0 Å². The minimum absolute atomic E-state index is 0.307. The molecule has 1 aliphatic rings. The van der Waals surface area contributed by atoms with Crippen LogP contribution in [0, 0.1) is 5.92 Å². The van der Waals surface area contributed by atoms with Gasteiger partial charge in [0.2, 0.25) is 0 Å². The van der Waals surface area contributed by atoms with Crippen molar-refractivity contribution in [1.29, 1.82) is 0 Å². The van der Waals surface area contributed by atoms with Crippen LogP contribution in [-0.2, 0) is 0 Å². The van der Waals surface area contributed by atoms with Crippen LogP contribution in [-0.4, -0.2) is 48.0 Å². The number of nitrogens with two attached hydrogens (primary N) is 1. The van der Waals surface area contributed by atoms with Gasteiger partial charge in [-0.3, -0.25) is 4.90 Å². The number of likely N-dealkylation sites (tertiary alicyclic amines) is 1. The molecule has 110 valence electrons. The molecule has 3 nitrogen and oxygen atoms in total. The van der Waals surface area contributed by atoms with Gasteiger partial charge < -0.3 is 10.6 Å². The maximum atomic E-state index is 5.82. The van der Waals surface area contributed by atoms with Crippen LogP contribution in [0.3, 0.4) is 0 Å². The molecule has 0 spiro atoms. The highest BCUT2D eigenvalue weighted by molar-refractivity contribution is 7.80. The Morgan fingerprint density at radius 3 is 2.50 bits per heavy atom. The molecule has 1 aromatic rings. The van der Waals surface area contributed by atoms with Gasteiger partial charge in [0.15, 0.2) is 0 Å². The van der Waals surface area contributed by atoms with Crippen LogP contribution in [0.25, 0.3) is 0 Å². The van der Waals surface area contributed by atoms with Gasteiger partial charge in [-0.05, 0) is 25.6 Å². The number of likely N-dealkylation sites (N-methyl/N-ethyl adjacent to an activating group) is 1. The molecule has 20 heavy (non-hydrogen) atoms. The Kier molecular flexibility index (Phi) is 5.13. The highest BCUT2D eigenvalue weighted by atomic mass is 32.1. The molecule has 0 bridgehead atoms. The van der Waals surface area contributed by atoms with E-state index >= 15 is 0 Å². The maximum absolute atomic E-state index is 5.82. The second-order valence-electron chi connectivity index (χ2n) is 6.06. The summed E-state index contributed by atoms with van der Waals surface area (Å²) in [6, 6.07) is 11.5. The lowest BCUT2D eigenvalue weighted by Gasteiger charge is -2.29. The van der Waals surface area contributed by atoms with E-state index in [2.05, 4.69) is 61.2 Å². The first-order chi connectivity index (χ1) is 9.49. The Balaban J connectivity index is 2.18. The number of hydrogen-bond donors (Lipinski definition) is 1. The molecule has 1 saturated heterocycles. The molecule has 3 unspecified atom stereocenters. The molecular formula is C16H25N3S. The summed E-state index contributed by atoms with van der Waals surface area (Å²) >= 11 is 5.16. The SMILES string of the molecule is CC1CN(C(CC(N)=S)c2ccccc2)CC1N(C)C. The summed E-state index contributed by atoms with van der Waals surface area (Å²) in [5.41, 5.74) is 7.13. The third kappa shape index (κ3) is 3.57. The average Bonchev–Trinajstić information content (AvgIpc) is 2.79. The third-order valence-corrected chi connectivity index (χ3v) is 4.45. The van der Waals surface area contributed by atoms with Crippen molar-refractivity contribution in [3.8, 4) is 0 Å². The van der Waals surface area contributed by atoms with Gasteiger partial charge in [-0.15, -0.1) is 0 Å². The Morgan fingerprint density at radius 1 is 1.35 bits per heavy atom. The molecule has 0 amide bonds. The lowest BCUT2D eigenvalue weighted by atomic mass is 10.0. The predicted molar refractivity (Wildman–Crippen MR) is 88.8 cm³/mol. The van der Waals surface area contributed by atoms with E-state index < -0.39 is 0 Å². The number of hydrogen-bond acceptors (Lipinski definition) is 3. The van der Waals surface area contributed by atoms with Crippen molar-refractivity contribution in [2.75, 3.05) is 27.2 Å². The quantitative estimate of drug-likeness (QED) is 0.844. The van der Waals surface area contributed by atoms with Crippen LogP contribution in [0.15, 0.2) is 30.3 Å². The highest BCUT2D eigenvalue weighted by Gasteiger charge is 2.35. The van der Waals surface area contributed by atoms with Crippen LogP contribution in [0.5, 0.6) is 0 Å². The van der Waals surface area contributed by atoms with E-state index in [0.717, 1.165) is 19.5 Å². The molecule has 0 aromatic heterocycles. The molecule has 2 N–H and O–H groups in total. The second-order valence-corrected chi connectivity index (χ2v) is 6.58. The second kappa shape index (κ2) is 6.66. The first kappa shape index (κ1) is 15.4. The van der Waals surface area contributed by atoms with Gasteiger partial charge in [-0.25, -0.2) is 0 Å². The number of benzene rings is 1. The fourth-order valence-corrected chi connectivity index (χ4v) is 3.39. The molecule has 1 fully saturated rings. The molecule has 0 radical (unpaired) electrons. The normalized spacial score (nSPS) is 25.0. The van der Waals surface area contributed by atoms with Crippen molar-refractivity contribution in [1.82, 2.24) is 9.80 Å². The Hall–Kier alpha value is -0.970. The first-order valence-electron chi connectivity index (χ1n) is 7.22. The maximum Gasteiger partial charge on any atom is 0.0746 e. The van der Waals surface area contributed by atoms with Gasteiger partial charge in [0.05, 0.1) is 4.99 Å². The monoisotopic (exact) mass is 291 g/mol. The largest absolute Gasteiger partial charge is 0.393 e. The highest BCUT2D eigenvalue weighted by Crippen LogP contribution is 2.31. The first-order valence-corrected chi connectivity index (χ1v) is 7.63. The summed E-state index contributed by atoms with van der Waals surface area (Å²) in [7, 11) is 4.32. The molecule has 4 heteroatoms. The third-order valence-electron chi connectivity index (χ3n) is 4.28. The van der Waals surface area contributed by atoms with Crippen molar-refractivity contribution in [2.45, 2.75) is 25.4 Å². The summed E-state index contributed by atoms with van der Waals surface area (Å²) < 4.78 is 0. The van der Waals surface area contributed by atoms with Gasteiger partial charge >= 0.3 is 0 Å². The van der Waals surface area contributed by atoms with E-state index in [4.69, 9.17) is 18.0 Å². The van der Waals surface area contributed by atoms with E-state index in [1.165, 1.54) is 5.56 Å². The lowest BCUT2D eigenvalue weighted by Crippen LogP contribution is -2.35. The van der Waals surface area contributed by atoms with E-state index in [9.17, 15) is 0 Å². The smallest absolute Gasteiger partial charge is 0.0746 e. The minimum atomic E-state index is 0.307. The van der Waals surface area contributed by atoms with Crippen LogP contribution in [0.1, 0.15) is 24.9 Å². The molecule has 2 rings (SSSR count). The van der Waals surface area contributed by atoms with Gasteiger partial charge in [-0.2, -0.15) is 0 Å². The Labute approximate surface area is 127 Å². The van der Waals surface area contributed by atoms with Crippen molar-refractivity contribution in [3.05, 3.63) is 35.9 Å². The van der Waals surface area contributed by atoms with Gasteiger partial charge in [-0.1, -0.05) is 49.5 Å². The molecule has 0 aliphatic carbocycles. The fourth-order valence-electron chi connectivity index (χ4n) is 3.24. The minimum Gasteiger partial charge on any atom is -0.393 e. The van der Waals surface area contributed by atoms with E-state index in [-0.39, 0.29) is 0 Å². The fraction of sp³-hybridized carbons (Fsp3) is 0.562. The molecule has 0 saturated carbocycles. The topological polar surface area (TPSA) is 32.5 Å². The standard InChI is InChI=1S/C16H25N3S/c1-12-10-19(11-15(12)18(2)3)14(9-16(17)20)13-7-5-4-6-8-13/h4-8,12,14-15H,9-11H2,1-3H3,(H2,17,20). The number of rotatable bonds is 5. The Morgan fingerprint density at radius 2 is 2.00 bits per heavy atom. The van der Waals surface area contributed by atoms with Gasteiger partial charge in [0, 0.05) is 31.6 Å². The van der Waals surface area contributed by atoms with Crippen molar-refractivity contribution in [2.24, 2.45) is 11.7 Å². The van der Waals surface area contributed by atoms with Crippen LogP contribution in [0.4, 0.5) is 0 Å². The number of thiocarbonyl (C=S) groups is 1. The van der Waals surface area contributed by atoms with E-state index in [1.54, 1.807) is 0 Å². The van der Waals surface area contributed by atoms with Gasteiger partial charge in [0.1, 0.15) is 0 Å². The summed E-state index contributed by atoms with van der Waals surface area (Å²) in [6.45, 7) is 4.51. The van der Waals surface area contributed by atoms with E-state index in [1.807, 2.05) is 0 Å². The molecule has 1 aromatic carbocycles. The zero-order valence-corrected chi connectivity index (χ0v) is 13.4. The van der Waals surface area contributed by atoms with Crippen LogP contribution >= 0.6 is 12.2 Å².